The second-order valence-electron chi connectivity index (χ2n) is 4.82. The monoisotopic (exact) mass is 322 g/mol. The minimum absolute atomic E-state index is 0.0239. The van der Waals surface area contributed by atoms with Crippen molar-refractivity contribution in [2.75, 3.05) is 23.8 Å². The van der Waals surface area contributed by atoms with Gasteiger partial charge in [0, 0.05) is 36.3 Å². The summed E-state index contributed by atoms with van der Waals surface area (Å²) in [5, 5.41) is 2.94. The van der Waals surface area contributed by atoms with E-state index in [0.29, 0.717) is 6.42 Å². The number of rotatable bonds is 6. The fourth-order valence-corrected chi connectivity index (χ4v) is 3.04. The van der Waals surface area contributed by atoms with Crippen LogP contribution in [0.4, 0.5) is 11.4 Å². The first-order valence-corrected chi connectivity index (χ1v) is 8.13. The van der Waals surface area contributed by atoms with Crippen molar-refractivity contribution in [2.45, 2.75) is 19.8 Å². The molecule has 1 aromatic carbocycles. The fraction of sp³-hybridized carbons (Fsp3) is 0.312. The van der Waals surface area contributed by atoms with Crippen LogP contribution in [0.2, 0.25) is 4.34 Å². The molecule has 0 aliphatic carbocycles. The minimum atomic E-state index is 0.0239. The van der Waals surface area contributed by atoms with Crippen molar-refractivity contribution < 1.29 is 4.79 Å². The Balaban J connectivity index is 1.90. The Bertz CT molecular complexity index is 612. The van der Waals surface area contributed by atoms with Crippen LogP contribution in [0, 0.1) is 0 Å². The quantitative estimate of drug-likeness (QED) is 0.853. The van der Waals surface area contributed by atoms with Crippen LogP contribution in [-0.2, 0) is 11.2 Å². The molecule has 0 bridgehead atoms. The Morgan fingerprint density at radius 2 is 2.14 bits per heavy atom. The molecule has 0 radical (unpaired) electrons. The first-order valence-electron chi connectivity index (χ1n) is 6.93. The number of benzene rings is 1. The number of anilines is 2. The molecule has 2 aromatic rings. The number of thiophene rings is 1. The summed E-state index contributed by atoms with van der Waals surface area (Å²) in [6, 6.07) is 11.7. The zero-order valence-electron chi connectivity index (χ0n) is 12.2. The van der Waals surface area contributed by atoms with Crippen molar-refractivity contribution >= 4 is 40.2 Å². The van der Waals surface area contributed by atoms with Crippen molar-refractivity contribution in [1.82, 2.24) is 0 Å². The summed E-state index contributed by atoms with van der Waals surface area (Å²) >= 11 is 7.40. The molecule has 3 nitrogen and oxygen atoms in total. The molecule has 0 aliphatic rings. The maximum absolute atomic E-state index is 12.0. The average Bonchev–Trinajstić information content (AvgIpc) is 2.90. The zero-order valence-corrected chi connectivity index (χ0v) is 13.8. The molecule has 0 saturated heterocycles. The van der Waals surface area contributed by atoms with E-state index in [0.717, 1.165) is 33.6 Å². The summed E-state index contributed by atoms with van der Waals surface area (Å²) in [6.07, 6.45) is 1.18. The number of carbonyl (C=O) groups is 1. The molecule has 0 aliphatic heterocycles. The van der Waals surface area contributed by atoms with E-state index in [9.17, 15) is 4.79 Å². The Morgan fingerprint density at radius 1 is 1.33 bits per heavy atom. The Labute approximate surface area is 134 Å². The molecular weight excluding hydrogens is 304 g/mol. The maximum Gasteiger partial charge on any atom is 0.224 e. The molecular formula is C16H19ClN2OS. The van der Waals surface area contributed by atoms with Gasteiger partial charge >= 0.3 is 0 Å². The van der Waals surface area contributed by atoms with E-state index in [1.54, 1.807) is 0 Å². The van der Waals surface area contributed by atoms with Crippen LogP contribution in [0.3, 0.4) is 0 Å². The van der Waals surface area contributed by atoms with E-state index in [4.69, 9.17) is 11.6 Å². The van der Waals surface area contributed by atoms with Crippen molar-refractivity contribution in [3.8, 4) is 0 Å². The van der Waals surface area contributed by atoms with Gasteiger partial charge in [0.15, 0.2) is 0 Å². The molecule has 0 saturated carbocycles. The molecule has 1 aromatic heterocycles. The molecule has 2 rings (SSSR count). The van der Waals surface area contributed by atoms with E-state index < -0.39 is 0 Å². The Hall–Kier alpha value is -1.52. The standard InChI is InChI=1S/C16H19ClN2OS/c1-3-19(2)13-6-4-5-12(11-13)18-16(20)10-8-14-7-9-15(17)21-14/h4-7,9,11H,3,8,10H2,1-2H3,(H,18,20). The lowest BCUT2D eigenvalue weighted by Crippen LogP contribution is -2.16. The zero-order chi connectivity index (χ0) is 15.2. The highest BCUT2D eigenvalue weighted by Crippen LogP contribution is 2.23. The third-order valence-electron chi connectivity index (χ3n) is 3.27. The summed E-state index contributed by atoms with van der Waals surface area (Å²) < 4.78 is 0.765. The van der Waals surface area contributed by atoms with E-state index in [2.05, 4.69) is 17.1 Å². The highest BCUT2D eigenvalue weighted by molar-refractivity contribution is 7.16. The van der Waals surface area contributed by atoms with E-state index in [1.807, 2.05) is 43.4 Å². The average molecular weight is 323 g/mol. The van der Waals surface area contributed by atoms with Gasteiger partial charge in [-0.25, -0.2) is 0 Å². The van der Waals surface area contributed by atoms with Gasteiger partial charge in [-0.15, -0.1) is 11.3 Å². The number of carbonyl (C=O) groups excluding carboxylic acids is 1. The maximum atomic E-state index is 12.0. The van der Waals surface area contributed by atoms with Gasteiger partial charge in [0.1, 0.15) is 0 Å². The Morgan fingerprint density at radius 3 is 2.81 bits per heavy atom. The third kappa shape index (κ3) is 4.76. The van der Waals surface area contributed by atoms with Crippen LogP contribution in [0.15, 0.2) is 36.4 Å². The lowest BCUT2D eigenvalue weighted by atomic mass is 10.2. The Kier molecular flexibility index (Phi) is 5.65. The highest BCUT2D eigenvalue weighted by atomic mass is 35.5. The van der Waals surface area contributed by atoms with Crippen LogP contribution >= 0.6 is 22.9 Å². The number of hydrogen-bond acceptors (Lipinski definition) is 3. The smallest absolute Gasteiger partial charge is 0.224 e. The molecule has 0 unspecified atom stereocenters. The number of amides is 1. The lowest BCUT2D eigenvalue weighted by Gasteiger charge is -2.17. The van der Waals surface area contributed by atoms with Crippen LogP contribution in [0.5, 0.6) is 0 Å². The summed E-state index contributed by atoms with van der Waals surface area (Å²) in [6.45, 7) is 3.02. The second-order valence-corrected chi connectivity index (χ2v) is 6.62. The van der Waals surface area contributed by atoms with Crippen LogP contribution in [-0.4, -0.2) is 19.5 Å². The fourth-order valence-electron chi connectivity index (χ4n) is 1.95. The first-order chi connectivity index (χ1) is 10.1. The van der Waals surface area contributed by atoms with Gasteiger partial charge in [0.2, 0.25) is 5.91 Å². The van der Waals surface area contributed by atoms with Gasteiger partial charge in [-0.2, -0.15) is 0 Å². The first kappa shape index (κ1) is 15.9. The summed E-state index contributed by atoms with van der Waals surface area (Å²) in [5.74, 6) is 0.0239. The number of hydrogen-bond donors (Lipinski definition) is 1. The van der Waals surface area contributed by atoms with Crippen molar-refractivity contribution in [3.63, 3.8) is 0 Å². The predicted octanol–water partition coefficient (Wildman–Crippen LogP) is 4.43. The molecule has 1 amide bonds. The summed E-state index contributed by atoms with van der Waals surface area (Å²) in [5.41, 5.74) is 1.93. The predicted molar refractivity (Wildman–Crippen MR) is 91.7 cm³/mol. The molecule has 1 N–H and O–H groups in total. The van der Waals surface area contributed by atoms with Crippen molar-refractivity contribution in [1.29, 1.82) is 0 Å². The molecule has 112 valence electrons. The van der Waals surface area contributed by atoms with Gasteiger partial charge in [-0.3, -0.25) is 4.79 Å². The summed E-state index contributed by atoms with van der Waals surface area (Å²) in [7, 11) is 2.03. The molecule has 1 heterocycles. The second kappa shape index (κ2) is 7.48. The van der Waals surface area contributed by atoms with Gasteiger partial charge in [0.25, 0.3) is 0 Å². The summed E-state index contributed by atoms with van der Waals surface area (Å²) in [4.78, 5) is 15.3. The van der Waals surface area contributed by atoms with E-state index in [1.165, 1.54) is 11.3 Å². The van der Waals surface area contributed by atoms with Crippen molar-refractivity contribution in [3.05, 3.63) is 45.6 Å². The minimum Gasteiger partial charge on any atom is -0.375 e. The van der Waals surface area contributed by atoms with Crippen molar-refractivity contribution in [2.24, 2.45) is 0 Å². The number of nitrogens with one attached hydrogen (secondary N) is 1. The largest absolute Gasteiger partial charge is 0.375 e. The highest BCUT2D eigenvalue weighted by Gasteiger charge is 2.06. The van der Waals surface area contributed by atoms with Gasteiger partial charge in [-0.05, 0) is 43.7 Å². The number of aryl methyl sites for hydroxylation is 1. The molecule has 0 fully saturated rings. The molecule has 21 heavy (non-hydrogen) atoms. The van der Waals surface area contributed by atoms with Gasteiger partial charge in [-0.1, -0.05) is 17.7 Å². The van der Waals surface area contributed by atoms with E-state index in [-0.39, 0.29) is 5.91 Å². The topological polar surface area (TPSA) is 32.3 Å². The number of nitrogens with zero attached hydrogens (tertiary/aromatic N) is 1. The molecule has 0 atom stereocenters. The molecule has 0 spiro atoms. The number of halogens is 1. The normalized spacial score (nSPS) is 10.4. The SMILES string of the molecule is CCN(C)c1cccc(NC(=O)CCc2ccc(Cl)s2)c1. The van der Waals surface area contributed by atoms with E-state index >= 15 is 0 Å². The molecule has 5 heteroatoms. The van der Waals surface area contributed by atoms with Crippen LogP contribution in [0.1, 0.15) is 18.2 Å². The van der Waals surface area contributed by atoms with Gasteiger partial charge < -0.3 is 10.2 Å². The third-order valence-corrected chi connectivity index (χ3v) is 4.56. The van der Waals surface area contributed by atoms with Crippen LogP contribution < -0.4 is 10.2 Å². The van der Waals surface area contributed by atoms with Gasteiger partial charge in [0.05, 0.1) is 4.34 Å². The van der Waals surface area contributed by atoms with Crippen LogP contribution in [0.25, 0.3) is 0 Å². The lowest BCUT2D eigenvalue weighted by molar-refractivity contribution is -0.116.